The summed E-state index contributed by atoms with van der Waals surface area (Å²) in [4.78, 5) is 29.3. The van der Waals surface area contributed by atoms with E-state index < -0.39 is 0 Å². The summed E-state index contributed by atoms with van der Waals surface area (Å²) in [5.41, 5.74) is 1.32. The van der Waals surface area contributed by atoms with Gasteiger partial charge in [-0.25, -0.2) is 9.78 Å². The lowest BCUT2D eigenvalue weighted by atomic mass is 10.1. The zero-order chi connectivity index (χ0) is 17.5. The van der Waals surface area contributed by atoms with Gasteiger partial charge >= 0.3 is 6.03 Å². The van der Waals surface area contributed by atoms with Crippen LogP contribution in [0.3, 0.4) is 0 Å². The maximum absolute atomic E-state index is 12.1. The number of aromatic nitrogens is 2. The number of carbonyl (C=O) groups excluding carboxylic acids is 2. The van der Waals surface area contributed by atoms with E-state index in [1.54, 1.807) is 6.20 Å². The molecule has 0 aliphatic carbocycles. The molecule has 1 aromatic carbocycles. The third-order valence-electron chi connectivity index (χ3n) is 4.23. The molecule has 0 radical (unpaired) electrons. The quantitative estimate of drug-likeness (QED) is 0.827. The zero-order valence-corrected chi connectivity index (χ0v) is 14.1. The van der Waals surface area contributed by atoms with E-state index in [9.17, 15) is 9.59 Å². The third kappa shape index (κ3) is 4.82. The van der Waals surface area contributed by atoms with Gasteiger partial charge in [-0.2, -0.15) is 0 Å². The smallest absolute Gasteiger partial charge is 0.318 e. The summed E-state index contributed by atoms with van der Waals surface area (Å²) >= 11 is 0. The van der Waals surface area contributed by atoms with Crippen molar-refractivity contribution in [3.05, 3.63) is 54.1 Å². The van der Waals surface area contributed by atoms with E-state index in [0.29, 0.717) is 19.6 Å². The van der Waals surface area contributed by atoms with Gasteiger partial charge in [-0.15, -0.1) is 0 Å². The number of piperazine rings is 1. The zero-order valence-electron chi connectivity index (χ0n) is 14.1. The molecule has 25 heavy (non-hydrogen) atoms. The minimum absolute atomic E-state index is 0.108. The van der Waals surface area contributed by atoms with Crippen LogP contribution in [0.25, 0.3) is 0 Å². The molecular weight excluding hydrogens is 318 g/mol. The summed E-state index contributed by atoms with van der Waals surface area (Å²) in [6.45, 7) is 2.35. The van der Waals surface area contributed by atoms with E-state index >= 15 is 0 Å². The number of imidazole rings is 1. The lowest BCUT2D eigenvalue weighted by molar-refractivity contribution is -0.123. The minimum Gasteiger partial charge on any atom is -0.353 e. The lowest BCUT2D eigenvalue weighted by Crippen LogP contribution is -2.52. The van der Waals surface area contributed by atoms with Crippen LogP contribution in [-0.2, 0) is 24.3 Å². The van der Waals surface area contributed by atoms with Gasteiger partial charge in [0.25, 0.3) is 0 Å². The molecule has 2 N–H and O–H groups in total. The predicted octanol–water partition coefficient (Wildman–Crippen LogP) is 1.16. The average Bonchev–Trinajstić information content (AvgIpc) is 3.08. The molecule has 7 heteroatoms. The van der Waals surface area contributed by atoms with E-state index in [1.807, 2.05) is 24.4 Å². The molecule has 1 aliphatic heterocycles. The van der Waals surface area contributed by atoms with E-state index in [1.165, 1.54) is 10.5 Å². The summed E-state index contributed by atoms with van der Waals surface area (Å²) in [6.07, 6.45) is 5.69. The first-order valence-corrected chi connectivity index (χ1v) is 8.56. The molecule has 0 atom stereocenters. The van der Waals surface area contributed by atoms with Crippen molar-refractivity contribution in [2.75, 3.05) is 19.6 Å². The molecule has 1 aliphatic rings. The Kier molecular flexibility index (Phi) is 5.66. The first-order chi connectivity index (χ1) is 12.2. The molecule has 1 aromatic heterocycles. The average molecular weight is 341 g/mol. The van der Waals surface area contributed by atoms with Crippen molar-refractivity contribution in [2.45, 2.75) is 25.9 Å². The van der Waals surface area contributed by atoms with Crippen molar-refractivity contribution in [2.24, 2.45) is 0 Å². The van der Waals surface area contributed by atoms with Crippen LogP contribution in [0.15, 0.2) is 42.7 Å². The van der Waals surface area contributed by atoms with Crippen LogP contribution in [0.5, 0.6) is 0 Å². The van der Waals surface area contributed by atoms with E-state index in [0.717, 1.165) is 25.2 Å². The van der Waals surface area contributed by atoms with Gasteiger partial charge in [0.2, 0.25) is 5.91 Å². The number of nitrogens with zero attached hydrogens (tertiary/aromatic N) is 3. The Labute approximate surface area is 147 Å². The topological polar surface area (TPSA) is 79.3 Å². The molecule has 2 aromatic rings. The summed E-state index contributed by atoms with van der Waals surface area (Å²) in [6, 6.07) is 10.1. The van der Waals surface area contributed by atoms with Crippen molar-refractivity contribution < 1.29 is 9.59 Å². The second-order valence-corrected chi connectivity index (χ2v) is 6.06. The lowest BCUT2D eigenvalue weighted by Gasteiger charge is -2.26. The molecule has 0 spiro atoms. The van der Waals surface area contributed by atoms with Crippen molar-refractivity contribution in [3.63, 3.8) is 0 Å². The highest BCUT2D eigenvalue weighted by atomic mass is 16.2. The Morgan fingerprint density at radius 2 is 2.12 bits per heavy atom. The molecule has 0 bridgehead atoms. The number of benzene rings is 1. The molecule has 7 nitrogen and oxygen atoms in total. The number of nitrogens with one attached hydrogen (secondary N) is 2. The molecule has 3 amide bonds. The third-order valence-corrected chi connectivity index (χ3v) is 4.23. The standard InChI is InChI=1S/C18H23N5O2/c24-17-14-23(12-9-20-17)18(25)21-13-16-19-8-11-22(16)10-4-7-15-5-2-1-3-6-15/h1-3,5-6,8,11H,4,7,9-10,12-14H2,(H,20,24)(H,21,25). The second kappa shape index (κ2) is 8.32. The molecule has 1 fully saturated rings. The molecule has 2 heterocycles. The van der Waals surface area contributed by atoms with Crippen molar-refractivity contribution in [3.8, 4) is 0 Å². The first-order valence-electron chi connectivity index (χ1n) is 8.56. The molecule has 0 saturated carbocycles. The maximum Gasteiger partial charge on any atom is 0.318 e. The Morgan fingerprint density at radius 3 is 2.92 bits per heavy atom. The number of amides is 3. The minimum atomic E-state index is -0.228. The fourth-order valence-corrected chi connectivity index (χ4v) is 2.89. The van der Waals surface area contributed by atoms with E-state index in [-0.39, 0.29) is 18.5 Å². The first kappa shape index (κ1) is 17.0. The van der Waals surface area contributed by atoms with Crippen molar-refractivity contribution >= 4 is 11.9 Å². The molecular formula is C18H23N5O2. The van der Waals surface area contributed by atoms with Gasteiger partial charge in [-0.05, 0) is 18.4 Å². The highest BCUT2D eigenvalue weighted by Crippen LogP contribution is 2.06. The Hall–Kier alpha value is -2.83. The summed E-state index contributed by atoms with van der Waals surface area (Å²) in [7, 11) is 0. The van der Waals surface area contributed by atoms with Gasteiger partial charge in [0.05, 0.1) is 6.54 Å². The highest BCUT2D eigenvalue weighted by molar-refractivity contribution is 5.85. The van der Waals surface area contributed by atoms with Gasteiger partial charge in [0.15, 0.2) is 0 Å². The monoisotopic (exact) mass is 341 g/mol. The van der Waals surface area contributed by atoms with Crippen molar-refractivity contribution in [1.29, 1.82) is 0 Å². The van der Waals surface area contributed by atoms with Gasteiger partial charge in [-0.3, -0.25) is 4.79 Å². The molecule has 132 valence electrons. The number of aryl methyl sites for hydroxylation is 2. The van der Waals surface area contributed by atoms with Gasteiger partial charge in [0.1, 0.15) is 12.4 Å². The van der Waals surface area contributed by atoms with Crippen LogP contribution in [-0.4, -0.2) is 46.0 Å². The van der Waals surface area contributed by atoms with E-state index in [4.69, 9.17) is 0 Å². The number of hydrogen-bond acceptors (Lipinski definition) is 3. The van der Waals surface area contributed by atoms with Crippen molar-refractivity contribution in [1.82, 2.24) is 25.1 Å². The summed E-state index contributed by atoms with van der Waals surface area (Å²) < 4.78 is 2.06. The number of carbonyl (C=O) groups is 2. The van der Waals surface area contributed by atoms with Gasteiger partial charge in [0, 0.05) is 32.0 Å². The summed E-state index contributed by atoms with van der Waals surface area (Å²) in [5.74, 6) is 0.701. The van der Waals surface area contributed by atoms with Crippen LogP contribution in [0, 0.1) is 0 Å². The maximum atomic E-state index is 12.1. The van der Waals surface area contributed by atoms with E-state index in [2.05, 4.69) is 32.3 Å². The second-order valence-electron chi connectivity index (χ2n) is 6.06. The van der Waals surface area contributed by atoms with Crippen LogP contribution >= 0.6 is 0 Å². The fourth-order valence-electron chi connectivity index (χ4n) is 2.89. The molecule has 0 unspecified atom stereocenters. The Morgan fingerprint density at radius 1 is 1.28 bits per heavy atom. The normalized spacial score (nSPS) is 14.2. The summed E-state index contributed by atoms with van der Waals surface area (Å²) in [5, 5.41) is 5.55. The van der Waals surface area contributed by atoms with Gasteiger partial charge < -0.3 is 20.1 Å². The van der Waals surface area contributed by atoms with Crippen LogP contribution < -0.4 is 10.6 Å². The molecule has 1 saturated heterocycles. The largest absolute Gasteiger partial charge is 0.353 e. The van der Waals surface area contributed by atoms with Crippen LogP contribution in [0.2, 0.25) is 0 Å². The fraction of sp³-hybridized carbons (Fsp3) is 0.389. The van der Waals surface area contributed by atoms with Crippen LogP contribution in [0.1, 0.15) is 17.8 Å². The highest BCUT2D eigenvalue weighted by Gasteiger charge is 2.20. The number of hydrogen-bond donors (Lipinski definition) is 2. The van der Waals surface area contributed by atoms with Crippen LogP contribution in [0.4, 0.5) is 4.79 Å². The van der Waals surface area contributed by atoms with Gasteiger partial charge in [-0.1, -0.05) is 30.3 Å². The predicted molar refractivity (Wildman–Crippen MR) is 93.8 cm³/mol. The number of urea groups is 1. The SMILES string of the molecule is O=C1CN(C(=O)NCc2nccn2CCCc2ccccc2)CCN1. The Balaban J connectivity index is 1.46. The molecule has 3 rings (SSSR count). The number of rotatable bonds is 6. The Bertz CT molecular complexity index is 713.